The molecule has 0 bridgehead atoms. The van der Waals surface area contributed by atoms with Crippen molar-refractivity contribution in [1.29, 1.82) is 0 Å². The Kier molecular flexibility index (Phi) is 4.59. The van der Waals surface area contributed by atoms with Gasteiger partial charge in [-0.1, -0.05) is 0 Å². The monoisotopic (exact) mass is 306 g/mol. The minimum Gasteiger partial charge on any atom is -0.496 e. The number of ether oxygens (including phenoxy) is 3. The second-order valence-electron chi connectivity index (χ2n) is 4.07. The molecule has 0 unspecified atom stereocenters. The first-order valence-electron chi connectivity index (χ1n) is 6.04. The number of carbonyl (C=O) groups excluding carboxylic acids is 2. The molecule has 0 saturated carbocycles. The topological polar surface area (TPSA) is 61.8 Å². The standard InChI is InChI=1S/C15H14O5S/c1-18-11-7-12(19-2)10(6-9(11)8-16)13-4-5-14(21-13)15(17)20-3/h4-8H,1-3H3. The minimum absolute atomic E-state index is 0.394. The van der Waals surface area contributed by atoms with Gasteiger partial charge in [-0.05, 0) is 18.2 Å². The van der Waals surface area contributed by atoms with Crippen molar-refractivity contribution in [2.24, 2.45) is 0 Å². The van der Waals surface area contributed by atoms with Crippen molar-refractivity contribution in [3.05, 3.63) is 34.7 Å². The summed E-state index contributed by atoms with van der Waals surface area (Å²) >= 11 is 1.27. The summed E-state index contributed by atoms with van der Waals surface area (Å²) < 4.78 is 15.2. The van der Waals surface area contributed by atoms with E-state index in [-0.39, 0.29) is 0 Å². The lowest BCUT2D eigenvalue weighted by Gasteiger charge is -2.11. The van der Waals surface area contributed by atoms with Crippen molar-refractivity contribution in [2.45, 2.75) is 0 Å². The fourth-order valence-corrected chi connectivity index (χ4v) is 2.85. The predicted octanol–water partition coefficient (Wildman–Crippen LogP) is 3.03. The third-order valence-corrected chi connectivity index (χ3v) is 4.04. The molecule has 2 aromatic rings. The van der Waals surface area contributed by atoms with Crippen LogP contribution in [0.1, 0.15) is 20.0 Å². The highest BCUT2D eigenvalue weighted by molar-refractivity contribution is 7.17. The maximum atomic E-state index is 11.5. The molecule has 0 spiro atoms. The largest absolute Gasteiger partial charge is 0.496 e. The van der Waals surface area contributed by atoms with Crippen LogP contribution in [0.5, 0.6) is 11.5 Å². The van der Waals surface area contributed by atoms with Gasteiger partial charge in [-0.25, -0.2) is 4.79 Å². The number of hydrogen-bond donors (Lipinski definition) is 0. The average Bonchev–Trinajstić information content (AvgIpc) is 3.02. The van der Waals surface area contributed by atoms with E-state index >= 15 is 0 Å². The molecule has 110 valence electrons. The van der Waals surface area contributed by atoms with Gasteiger partial charge in [-0.2, -0.15) is 0 Å². The van der Waals surface area contributed by atoms with E-state index < -0.39 is 5.97 Å². The van der Waals surface area contributed by atoms with Gasteiger partial charge in [0.15, 0.2) is 6.29 Å². The summed E-state index contributed by atoms with van der Waals surface area (Å²) in [5.74, 6) is 0.611. The zero-order valence-electron chi connectivity index (χ0n) is 11.8. The third kappa shape index (κ3) is 2.90. The van der Waals surface area contributed by atoms with Gasteiger partial charge < -0.3 is 14.2 Å². The molecular formula is C15H14O5S. The molecule has 5 nitrogen and oxygen atoms in total. The molecular weight excluding hydrogens is 292 g/mol. The maximum Gasteiger partial charge on any atom is 0.348 e. The number of thiophene rings is 1. The summed E-state index contributed by atoms with van der Waals surface area (Å²) in [5, 5.41) is 0. The van der Waals surface area contributed by atoms with Gasteiger partial charge >= 0.3 is 5.97 Å². The highest BCUT2D eigenvalue weighted by Crippen LogP contribution is 2.38. The number of aldehydes is 1. The Hall–Kier alpha value is -2.34. The molecule has 0 aliphatic heterocycles. The SMILES string of the molecule is COC(=O)c1ccc(-c2cc(C=O)c(OC)cc2OC)s1. The van der Waals surface area contributed by atoms with Crippen molar-refractivity contribution in [3.63, 3.8) is 0 Å². The first-order chi connectivity index (χ1) is 10.1. The zero-order chi connectivity index (χ0) is 15.4. The van der Waals surface area contributed by atoms with Crippen molar-refractivity contribution in [3.8, 4) is 21.9 Å². The summed E-state index contributed by atoms with van der Waals surface area (Å²) in [6.07, 6.45) is 0.719. The van der Waals surface area contributed by atoms with E-state index in [1.165, 1.54) is 32.7 Å². The molecule has 0 aliphatic rings. The van der Waals surface area contributed by atoms with Gasteiger partial charge in [0.2, 0.25) is 0 Å². The molecule has 6 heteroatoms. The minimum atomic E-state index is -0.394. The van der Waals surface area contributed by atoms with E-state index in [0.717, 1.165) is 16.7 Å². The number of rotatable bonds is 5. The first-order valence-corrected chi connectivity index (χ1v) is 6.86. The van der Waals surface area contributed by atoms with Gasteiger partial charge in [0.1, 0.15) is 16.4 Å². The van der Waals surface area contributed by atoms with Gasteiger partial charge in [0.25, 0.3) is 0 Å². The molecule has 0 saturated heterocycles. The van der Waals surface area contributed by atoms with Crippen molar-refractivity contribution in [1.82, 2.24) is 0 Å². The normalized spacial score (nSPS) is 10.0. The van der Waals surface area contributed by atoms with E-state index in [4.69, 9.17) is 9.47 Å². The number of methoxy groups -OCH3 is 3. The van der Waals surface area contributed by atoms with Gasteiger partial charge in [0, 0.05) is 16.5 Å². The quantitative estimate of drug-likeness (QED) is 0.627. The first kappa shape index (κ1) is 15.1. The predicted molar refractivity (Wildman–Crippen MR) is 79.6 cm³/mol. The van der Waals surface area contributed by atoms with E-state index in [2.05, 4.69) is 4.74 Å². The fraction of sp³-hybridized carbons (Fsp3) is 0.200. The highest BCUT2D eigenvalue weighted by Gasteiger charge is 2.16. The molecule has 1 heterocycles. The molecule has 0 atom stereocenters. The Morgan fingerprint density at radius 2 is 1.81 bits per heavy atom. The van der Waals surface area contributed by atoms with Crippen LogP contribution in [0.4, 0.5) is 0 Å². The molecule has 21 heavy (non-hydrogen) atoms. The molecule has 0 fully saturated rings. The Balaban J connectivity index is 2.54. The second kappa shape index (κ2) is 6.41. The zero-order valence-corrected chi connectivity index (χ0v) is 12.7. The van der Waals surface area contributed by atoms with E-state index in [9.17, 15) is 9.59 Å². The Labute approximate surface area is 126 Å². The Morgan fingerprint density at radius 1 is 1.10 bits per heavy atom. The van der Waals surface area contributed by atoms with Crippen LogP contribution in [0.3, 0.4) is 0 Å². The van der Waals surface area contributed by atoms with Crippen LogP contribution in [0.2, 0.25) is 0 Å². The van der Waals surface area contributed by atoms with Crippen LogP contribution in [-0.4, -0.2) is 33.6 Å². The second-order valence-corrected chi connectivity index (χ2v) is 5.15. The number of esters is 1. The average molecular weight is 306 g/mol. The molecule has 0 aliphatic carbocycles. The van der Waals surface area contributed by atoms with E-state index in [1.807, 2.05) is 0 Å². The molecule has 0 amide bonds. The summed E-state index contributed by atoms with van der Waals surface area (Å²) in [5.41, 5.74) is 1.14. The molecule has 2 rings (SSSR count). The lowest BCUT2D eigenvalue weighted by Crippen LogP contribution is -1.96. The third-order valence-electron chi connectivity index (χ3n) is 2.94. The van der Waals surface area contributed by atoms with Crippen LogP contribution in [0.25, 0.3) is 10.4 Å². The summed E-state index contributed by atoms with van der Waals surface area (Å²) in [6, 6.07) is 6.79. The smallest absolute Gasteiger partial charge is 0.348 e. The van der Waals surface area contributed by atoms with Crippen LogP contribution in [-0.2, 0) is 4.74 Å². The van der Waals surface area contributed by atoms with Crippen molar-refractivity contribution in [2.75, 3.05) is 21.3 Å². The van der Waals surface area contributed by atoms with Gasteiger partial charge in [0.05, 0.1) is 26.9 Å². The van der Waals surface area contributed by atoms with Gasteiger partial charge in [-0.3, -0.25) is 4.79 Å². The van der Waals surface area contributed by atoms with Crippen LogP contribution < -0.4 is 9.47 Å². The number of hydrogen-bond acceptors (Lipinski definition) is 6. The lowest BCUT2D eigenvalue weighted by atomic mass is 10.1. The van der Waals surface area contributed by atoms with Crippen molar-refractivity contribution >= 4 is 23.6 Å². The summed E-state index contributed by atoms with van der Waals surface area (Å²) in [4.78, 5) is 23.9. The van der Waals surface area contributed by atoms with Gasteiger partial charge in [-0.15, -0.1) is 11.3 Å². The van der Waals surface area contributed by atoms with E-state index in [1.54, 1.807) is 24.3 Å². The Morgan fingerprint density at radius 3 is 2.38 bits per heavy atom. The molecule has 1 aromatic carbocycles. The number of benzene rings is 1. The van der Waals surface area contributed by atoms with Crippen LogP contribution in [0.15, 0.2) is 24.3 Å². The highest BCUT2D eigenvalue weighted by atomic mass is 32.1. The summed E-state index contributed by atoms with van der Waals surface area (Å²) in [7, 11) is 4.36. The Bertz CT molecular complexity index is 675. The number of carbonyl (C=O) groups is 2. The van der Waals surface area contributed by atoms with Crippen LogP contribution >= 0.6 is 11.3 Å². The fourth-order valence-electron chi connectivity index (χ4n) is 1.90. The lowest BCUT2D eigenvalue weighted by molar-refractivity contribution is 0.0606. The van der Waals surface area contributed by atoms with E-state index in [0.29, 0.717) is 21.9 Å². The molecule has 1 aromatic heterocycles. The maximum absolute atomic E-state index is 11.5. The molecule has 0 N–H and O–H groups in total. The van der Waals surface area contributed by atoms with Crippen molar-refractivity contribution < 1.29 is 23.8 Å². The molecule has 0 radical (unpaired) electrons. The van der Waals surface area contributed by atoms with Crippen LogP contribution in [0, 0.1) is 0 Å². The summed E-state index contributed by atoms with van der Waals surface area (Å²) in [6.45, 7) is 0.